The van der Waals surface area contributed by atoms with E-state index in [1.165, 1.54) is 25.7 Å². The van der Waals surface area contributed by atoms with E-state index in [9.17, 15) is 0 Å². The second-order valence-corrected chi connectivity index (χ2v) is 5.80. The van der Waals surface area contributed by atoms with Gasteiger partial charge in [-0.3, -0.25) is 0 Å². The van der Waals surface area contributed by atoms with Crippen LogP contribution >= 0.6 is 0 Å². The van der Waals surface area contributed by atoms with Crippen molar-refractivity contribution in [1.29, 1.82) is 0 Å². The van der Waals surface area contributed by atoms with Crippen molar-refractivity contribution in [2.24, 2.45) is 0 Å². The van der Waals surface area contributed by atoms with Gasteiger partial charge >= 0.3 is 0 Å². The third-order valence-electron chi connectivity index (χ3n) is 4.18. The van der Waals surface area contributed by atoms with Gasteiger partial charge < -0.3 is 9.73 Å². The minimum absolute atomic E-state index is 0.486. The summed E-state index contributed by atoms with van der Waals surface area (Å²) in [4.78, 5) is 4.46. The molecule has 3 aromatic rings. The van der Waals surface area contributed by atoms with Crippen LogP contribution < -0.4 is 5.32 Å². The first-order valence-electron chi connectivity index (χ1n) is 8.01. The maximum atomic E-state index is 5.86. The van der Waals surface area contributed by atoms with E-state index in [0.717, 1.165) is 16.9 Å². The smallest absolute Gasteiger partial charge is 0.251 e. The Morgan fingerprint density at radius 3 is 2.52 bits per heavy atom. The maximum Gasteiger partial charge on any atom is 0.251 e. The summed E-state index contributed by atoms with van der Waals surface area (Å²) >= 11 is 0. The predicted octanol–water partition coefficient (Wildman–Crippen LogP) is 4.15. The number of benzene rings is 1. The molecule has 0 aliphatic heterocycles. The van der Waals surface area contributed by atoms with Crippen molar-refractivity contribution >= 4 is 5.82 Å². The molecule has 0 unspecified atom stereocenters. The maximum absolute atomic E-state index is 5.86. The summed E-state index contributed by atoms with van der Waals surface area (Å²) in [6.45, 7) is 0. The van der Waals surface area contributed by atoms with Gasteiger partial charge in [-0.05, 0) is 37.1 Å². The molecule has 0 bridgehead atoms. The van der Waals surface area contributed by atoms with Crippen LogP contribution in [0.2, 0.25) is 0 Å². The molecule has 0 radical (unpaired) electrons. The lowest BCUT2D eigenvalue weighted by atomic mass is 10.2. The average Bonchev–Trinajstić information content (AvgIpc) is 3.28. The summed E-state index contributed by atoms with van der Waals surface area (Å²) in [6.07, 6.45) is 6.72. The first-order chi connectivity index (χ1) is 11.4. The van der Waals surface area contributed by atoms with Gasteiger partial charge in [0.05, 0.1) is 5.56 Å². The minimum Gasteiger partial charge on any atom is -0.416 e. The Morgan fingerprint density at radius 1 is 0.913 bits per heavy atom. The second kappa shape index (κ2) is 6.20. The van der Waals surface area contributed by atoms with Crippen LogP contribution in [0.25, 0.3) is 22.9 Å². The average molecular weight is 306 g/mol. The summed E-state index contributed by atoms with van der Waals surface area (Å²) in [6, 6.07) is 14.1. The number of pyridine rings is 1. The van der Waals surface area contributed by atoms with Crippen molar-refractivity contribution in [2.45, 2.75) is 31.7 Å². The van der Waals surface area contributed by atoms with Crippen molar-refractivity contribution in [1.82, 2.24) is 15.2 Å². The molecule has 1 N–H and O–H groups in total. The van der Waals surface area contributed by atoms with E-state index in [4.69, 9.17) is 4.42 Å². The molecule has 0 saturated heterocycles. The van der Waals surface area contributed by atoms with E-state index >= 15 is 0 Å². The predicted molar refractivity (Wildman–Crippen MR) is 88.8 cm³/mol. The molecular formula is C18H18N4O. The standard InChI is InChI=1S/C18H18N4O/c1-2-7-13(8-3-1)17-21-22-18(23-17)15-11-6-12-19-16(15)20-14-9-4-5-10-14/h1-3,6-8,11-12,14H,4-5,9-10H2,(H,19,20). The summed E-state index contributed by atoms with van der Waals surface area (Å²) < 4.78 is 5.86. The van der Waals surface area contributed by atoms with Gasteiger partial charge in [0, 0.05) is 17.8 Å². The molecule has 2 aromatic heterocycles. The van der Waals surface area contributed by atoms with Gasteiger partial charge in [-0.25, -0.2) is 4.98 Å². The molecule has 0 spiro atoms. The lowest BCUT2D eigenvalue weighted by Crippen LogP contribution is -2.16. The molecule has 1 fully saturated rings. The Labute approximate surface area is 134 Å². The molecule has 5 nitrogen and oxygen atoms in total. The fraction of sp³-hybridized carbons (Fsp3) is 0.278. The monoisotopic (exact) mass is 306 g/mol. The van der Waals surface area contributed by atoms with Crippen LogP contribution in [0.1, 0.15) is 25.7 Å². The van der Waals surface area contributed by atoms with Crippen molar-refractivity contribution in [3.63, 3.8) is 0 Å². The van der Waals surface area contributed by atoms with Gasteiger partial charge in [-0.15, -0.1) is 10.2 Å². The Kier molecular flexibility index (Phi) is 3.76. The second-order valence-electron chi connectivity index (χ2n) is 5.80. The fourth-order valence-electron chi connectivity index (χ4n) is 2.99. The molecule has 4 rings (SSSR count). The fourth-order valence-corrected chi connectivity index (χ4v) is 2.99. The zero-order chi connectivity index (χ0) is 15.5. The SMILES string of the molecule is c1ccc(-c2nnc(-c3cccnc3NC3CCCC3)o2)cc1. The molecule has 1 saturated carbocycles. The van der Waals surface area contributed by atoms with Gasteiger partial charge in [-0.2, -0.15) is 0 Å². The number of hydrogen-bond acceptors (Lipinski definition) is 5. The molecule has 116 valence electrons. The Morgan fingerprint density at radius 2 is 1.70 bits per heavy atom. The molecule has 0 amide bonds. The quantitative estimate of drug-likeness (QED) is 0.784. The summed E-state index contributed by atoms with van der Waals surface area (Å²) in [7, 11) is 0. The largest absolute Gasteiger partial charge is 0.416 e. The molecule has 0 atom stereocenters. The van der Waals surface area contributed by atoms with Gasteiger partial charge in [0.1, 0.15) is 5.82 Å². The molecule has 1 aromatic carbocycles. The highest BCUT2D eigenvalue weighted by atomic mass is 16.4. The van der Waals surface area contributed by atoms with E-state index in [1.807, 2.05) is 42.5 Å². The van der Waals surface area contributed by atoms with Crippen LogP contribution in [0.15, 0.2) is 53.1 Å². The Balaban J connectivity index is 1.64. The van der Waals surface area contributed by atoms with Crippen molar-refractivity contribution < 1.29 is 4.42 Å². The van der Waals surface area contributed by atoms with Crippen LogP contribution in [-0.4, -0.2) is 21.2 Å². The third kappa shape index (κ3) is 2.95. The summed E-state index contributed by atoms with van der Waals surface area (Å²) in [5, 5.41) is 11.9. The van der Waals surface area contributed by atoms with E-state index in [-0.39, 0.29) is 0 Å². The van der Waals surface area contributed by atoms with E-state index in [0.29, 0.717) is 17.8 Å². The van der Waals surface area contributed by atoms with Crippen molar-refractivity contribution in [3.8, 4) is 22.9 Å². The zero-order valence-electron chi connectivity index (χ0n) is 12.8. The normalized spacial score (nSPS) is 15.0. The Hall–Kier alpha value is -2.69. The summed E-state index contributed by atoms with van der Waals surface area (Å²) in [5.41, 5.74) is 1.77. The van der Waals surface area contributed by atoms with Crippen LogP contribution in [-0.2, 0) is 0 Å². The van der Waals surface area contributed by atoms with E-state index in [2.05, 4.69) is 20.5 Å². The van der Waals surface area contributed by atoms with Gasteiger partial charge in [-0.1, -0.05) is 31.0 Å². The highest BCUT2D eigenvalue weighted by Crippen LogP contribution is 2.30. The summed E-state index contributed by atoms with van der Waals surface area (Å²) in [5.74, 6) is 1.84. The first-order valence-corrected chi connectivity index (χ1v) is 8.01. The van der Waals surface area contributed by atoms with Crippen molar-refractivity contribution in [2.75, 3.05) is 5.32 Å². The molecule has 23 heavy (non-hydrogen) atoms. The third-order valence-corrected chi connectivity index (χ3v) is 4.18. The number of nitrogens with zero attached hydrogens (tertiary/aromatic N) is 3. The number of hydrogen-bond donors (Lipinski definition) is 1. The Bertz CT molecular complexity index is 778. The lowest BCUT2D eigenvalue weighted by Gasteiger charge is -2.14. The van der Waals surface area contributed by atoms with Crippen LogP contribution in [0, 0.1) is 0 Å². The lowest BCUT2D eigenvalue weighted by molar-refractivity contribution is 0.584. The number of nitrogens with one attached hydrogen (secondary N) is 1. The van der Waals surface area contributed by atoms with Crippen molar-refractivity contribution in [3.05, 3.63) is 48.7 Å². The van der Waals surface area contributed by atoms with Gasteiger partial charge in [0.15, 0.2) is 0 Å². The van der Waals surface area contributed by atoms with Crippen LogP contribution in [0.4, 0.5) is 5.82 Å². The number of anilines is 1. The highest BCUT2D eigenvalue weighted by Gasteiger charge is 2.19. The van der Waals surface area contributed by atoms with E-state index < -0.39 is 0 Å². The van der Waals surface area contributed by atoms with Crippen LogP contribution in [0.5, 0.6) is 0 Å². The molecular weight excluding hydrogens is 288 g/mol. The molecule has 5 heteroatoms. The number of aromatic nitrogens is 3. The highest BCUT2D eigenvalue weighted by molar-refractivity contribution is 5.69. The zero-order valence-corrected chi connectivity index (χ0v) is 12.8. The van der Waals surface area contributed by atoms with E-state index in [1.54, 1.807) is 6.20 Å². The van der Waals surface area contributed by atoms with Gasteiger partial charge in [0.2, 0.25) is 5.89 Å². The van der Waals surface area contributed by atoms with Crippen LogP contribution in [0.3, 0.4) is 0 Å². The molecule has 2 heterocycles. The number of rotatable bonds is 4. The minimum atomic E-state index is 0.486. The topological polar surface area (TPSA) is 63.8 Å². The van der Waals surface area contributed by atoms with Gasteiger partial charge in [0.25, 0.3) is 5.89 Å². The first kappa shape index (κ1) is 13.9. The molecule has 1 aliphatic rings. The molecule has 1 aliphatic carbocycles.